The number of hydrogen-bond acceptors (Lipinski definition) is 3. The summed E-state index contributed by atoms with van der Waals surface area (Å²) in [6, 6.07) is 14.7. The smallest absolute Gasteiger partial charge is 0.243 e. The Labute approximate surface area is 135 Å². The number of amides is 2. The molecule has 2 aromatic carbocycles. The average molecular weight is 312 g/mol. The Morgan fingerprint density at radius 2 is 1.70 bits per heavy atom. The normalized spacial score (nSPS) is 10.0. The van der Waals surface area contributed by atoms with Gasteiger partial charge in [0.1, 0.15) is 5.75 Å². The van der Waals surface area contributed by atoms with E-state index in [-0.39, 0.29) is 24.8 Å². The highest BCUT2D eigenvalue weighted by atomic mass is 16.5. The lowest BCUT2D eigenvalue weighted by molar-refractivity contribution is -0.123. The first kappa shape index (κ1) is 16.5. The quantitative estimate of drug-likeness (QED) is 0.860. The van der Waals surface area contributed by atoms with E-state index in [4.69, 9.17) is 4.74 Å². The zero-order chi connectivity index (χ0) is 16.7. The van der Waals surface area contributed by atoms with Crippen LogP contribution in [0.2, 0.25) is 0 Å². The van der Waals surface area contributed by atoms with Crippen molar-refractivity contribution >= 4 is 17.5 Å². The molecule has 0 radical (unpaired) electrons. The predicted molar refractivity (Wildman–Crippen MR) is 89.5 cm³/mol. The largest absolute Gasteiger partial charge is 0.497 e. The van der Waals surface area contributed by atoms with Crippen molar-refractivity contribution in [3.63, 3.8) is 0 Å². The summed E-state index contributed by atoms with van der Waals surface area (Å²) in [6.07, 6.45) is 0.224. The minimum Gasteiger partial charge on any atom is -0.497 e. The average Bonchev–Trinajstić information content (AvgIpc) is 2.56. The first-order valence-corrected chi connectivity index (χ1v) is 7.33. The number of para-hydroxylation sites is 1. The Hall–Kier alpha value is -2.82. The van der Waals surface area contributed by atoms with Gasteiger partial charge in [-0.3, -0.25) is 9.59 Å². The van der Waals surface area contributed by atoms with E-state index >= 15 is 0 Å². The van der Waals surface area contributed by atoms with Crippen LogP contribution in [0.15, 0.2) is 48.5 Å². The van der Waals surface area contributed by atoms with Crippen LogP contribution >= 0.6 is 0 Å². The summed E-state index contributed by atoms with van der Waals surface area (Å²) in [5.41, 5.74) is 2.59. The molecule has 2 rings (SSSR count). The van der Waals surface area contributed by atoms with Crippen molar-refractivity contribution < 1.29 is 14.3 Å². The second-order valence-electron chi connectivity index (χ2n) is 5.16. The van der Waals surface area contributed by atoms with E-state index in [0.29, 0.717) is 0 Å². The third kappa shape index (κ3) is 5.14. The first-order chi connectivity index (χ1) is 11.1. The molecular weight excluding hydrogens is 292 g/mol. The monoisotopic (exact) mass is 312 g/mol. The summed E-state index contributed by atoms with van der Waals surface area (Å²) < 4.78 is 5.07. The van der Waals surface area contributed by atoms with Crippen LogP contribution in [0.3, 0.4) is 0 Å². The number of anilines is 1. The second kappa shape index (κ2) is 7.98. The van der Waals surface area contributed by atoms with Crippen molar-refractivity contribution in [2.45, 2.75) is 13.3 Å². The molecule has 0 fully saturated rings. The molecule has 0 aliphatic carbocycles. The summed E-state index contributed by atoms with van der Waals surface area (Å²) >= 11 is 0. The van der Waals surface area contributed by atoms with Crippen molar-refractivity contribution in [1.82, 2.24) is 5.32 Å². The molecule has 120 valence electrons. The number of methoxy groups -OCH3 is 1. The van der Waals surface area contributed by atoms with E-state index in [1.165, 1.54) is 0 Å². The highest BCUT2D eigenvalue weighted by Crippen LogP contribution is 2.13. The van der Waals surface area contributed by atoms with Crippen LogP contribution < -0.4 is 15.4 Å². The van der Waals surface area contributed by atoms with Gasteiger partial charge in [-0.05, 0) is 36.2 Å². The van der Waals surface area contributed by atoms with E-state index in [1.807, 2.05) is 43.3 Å². The summed E-state index contributed by atoms with van der Waals surface area (Å²) in [5, 5.41) is 5.39. The Bertz CT molecular complexity index is 681. The fourth-order valence-corrected chi connectivity index (χ4v) is 2.08. The summed E-state index contributed by atoms with van der Waals surface area (Å²) in [6.45, 7) is 1.86. The lowest BCUT2D eigenvalue weighted by Gasteiger charge is -2.09. The minimum atomic E-state index is -0.248. The molecule has 0 aliphatic rings. The molecule has 0 atom stereocenters. The van der Waals surface area contributed by atoms with Crippen LogP contribution in [0, 0.1) is 6.92 Å². The van der Waals surface area contributed by atoms with Gasteiger partial charge >= 0.3 is 0 Å². The SMILES string of the molecule is COc1ccc(CC(=O)NCC(=O)Nc2ccccc2C)cc1. The molecule has 23 heavy (non-hydrogen) atoms. The van der Waals surface area contributed by atoms with Crippen molar-refractivity contribution in [3.8, 4) is 5.75 Å². The molecule has 2 amide bonds. The number of hydrogen-bond donors (Lipinski definition) is 2. The zero-order valence-corrected chi connectivity index (χ0v) is 13.3. The van der Waals surface area contributed by atoms with Gasteiger partial charge in [0, 0.05) is 5.69 Å². The van der Waals surface area contributed by atoms with Gasteiger partial charge in [0.05, 0.1) is 20.1 Å². The van der Waals surface area contributed by atoms with Gasteiger partial charge in [0.15, 0.2) is 0 Å². The molecule has 2 aromatic rings. The van der Waals surface area contributed by atoms with Crippen LogP contribution in [-0.4, -0.2) is 25.5 Å². The van der Waals surface area contributed by atoms with Crippen molar-refractivity contribution in [1.29, 1.82) is 0 Å². The molecule has 0 bridgehead atoms. The van der Waals surface area contributed by atoms with Gasteiger partial charge in [0.2, 0.25) is 11.8 Å². The maximum atomic E-state index is 11.9. The Balaban J connectivity index is 1.79. The van der Waals surface area contributed by atoms with E-state index < -0.39 is 0 Å². The summed E-state index contributed by atoms with van der Waals surface area (Å²) in [4.78, 5) is 23.7. The number of carbonyl (C=O) groups is 2. The molecule has 5 heteroatoms. The molecule has 0 aromatic heterocycles. The van der Waals surface area contributed by atoms with Gasteiger partial charge in [-0.25, -0.2) is 0 Å². The maximum Gasteiger partial charge on any atom is 0.243 e. The lowest BCUT2D eigenvalue weighted by Crippen LogP contribution is -2.33. The Morgan fingerprint density at radius 1 is 1.00 bits per heavy atom. The first-order valence-electron chi connectivity index (χ1n) is 7.33. The molecule has 0 spiro atoms. The molecule has 0 heterocycles. The molecule has 2 N–H and O–H groups in total. The van der Waals surface area contributed by atoms with Gasteiger partial charge in [-0.15, -0.1) is 0 Å². The number of carbonyl (C=O) groups excluding carboxylic acids is 2. The minimum absolute atomic E-state index is 0.0523. The highest BCUT2D eigenvalue weighted by Gasteiger charge is 2.08. The highest BCUT2D eigenvalue weighted by molar-refractivity contribution is 5.95. The predicted octanol–water partition coefficient (Wildman–Crippen LogP) is 2.30. The fourth-order valence-electron chi connectivity index (χ4n) is 2.08. The maximum absolute atomic E-state index is 11.9. The Kier molecular flexibility index (Phi) is 5.74. The lowest BCUT2D eigenvalue weighted by atomic mass is 10.1. The van der Waals surface area contributed by atoms with E-state index in [9.17, 15) is 9.59 Å². The number of benzene rings is 2. The van der Waals surface area contributed by atoms with Crippen LogP contribution in [-0.2, 0) is 16.0 Å². The van der Waals surface area contributed by atoms with Crippen LogP contribution in [0.1, 0.15) is 11.1 Å². The van der Waals surface area contributed by atoms with Crippen LogP contribution in [0.4, 0.5) is 5.69 Å². The van der Waals surface area contributed by atoms with Gasteiger partial charge in [0.25, 0.3) is 0 Å². The van der Waals surface area contributed by atoms with E-state index in [0.717, 1.165) is 22.6 Å². The zero-order valence-electron chi connectivity index (χ0n) is 13.3. The van der Waals surface area contributed by atoms with Crippen molar-refractivity contribution in [2.75, 3.05) is 19.0 Å². The number of aryl methyl sites for hydroxylation is 1. The summed E-state index contributed by atoms with van der Waals surface area (Å²) in [7, 11) is 1.59. The molecule has 0 saturated heterocycles. The van der Waals surface area contributed by atoms with Gasteiger partial charge < -0.3 is 15.4 Å². The van der Waals surface area contributed by atoms with Crippen LogP contribution in [0.25, 0.3) is 0 Å². The van der Waals surface area contributed by atoms with Gasteiger partial charge in [-0.1, -0.05) is 30.3 Å². The second-order valence-corrected chi connectivity index (χ2v) is 5.16. The third-order valence-electron chi connectivity index (χ3n) is 3.39. The topological polar surface area (TPSA) is 67.4 Å². The van der Waals surface area contributed by atoms with E-state index in [2.05, 4.69) is 10.6 Å². The number of rotatable bonds is 6. The Morgan fingerprint density at radius 3 is 2.35 bits per heavy atom. The molecule has 0 aliphatic heterocycles. The fraction of sp³-hybridized carbons (Fsp3) is 0.222. The molecule has 0 saturated carbocycles. The molecular formula is C18H20N2O3. The molecule has 0 unspecified atom stereocenters. The molecule has 5 nitrogen and oxygen atoms in total. The van der Waals surface area contributed by atoms with Crippen LogP contribution in [0.5, 0.6) is 5.75 Å². The third-order valence-corrected chi connectivity index (χ3v) is 3.39. The number of nitrogens with one attached hydrogen (secondary N) is 2. The van der Waals surface area contributed by atoms with Crippen molar-refractivity contribution in [3.05, 3.63) is 59.7 Å². The van der Waals surface area contributed by atoms with Crippen molar-refractivity contribution in [2.24, 2.45) is 0 Å². The van der Waals surface area contributed by atoms with E-state index in [1.54, 1.807) is 19.2 Å². The number of ether oxygens (including phenoxy) is 1. The standard InChI is InChI=1S/C18H20N2O3/c1-13-5-3-4-6-16(13)20-18(22)12-19-17(21)11-14-7-9-15(23-2)10-8-14/h3-10H,11-12H2,1-2H3,(H,19,21)(H,20,22). The van der Waals surface area contributed by atoms with Gasteiger partial charge in [-0.2, -0.15) is 0 Å². The summed E-state index contributed by atoms with van der Waals surface area (Å²) in [5.74, 6) is 0.296.